The van der Waals surface area contributed by atoms with Gasteiger partial charge in [-0.3, -0.25) is 9.88 Å². The molecule has 2 fully saturated rings. The molecule has 5 nitrogen and oxygen atoms in total. The molecule has 0 unspecified atom stereocenters. The molecule has 0 amide bonds. The Morgan fingerprint density at radius 2 is 1.94 bits per heavy atom. The van der Waals surface area contributed by atoms with Crippen molar-refractivity contribution in [1.29, 1.82) is 0 Å². The van der Waals surface area contributed by atoms with E-state index in [4.69, 9.17) is 0 Å². The minimum absolute atomic E-state index is 0.292. The number of anilines is 1. The van der Waals surface area contributed by atoms with Crippen LogP contribution in [0.25, 0.3) is 10.2 Å². The molecule has 0 spiro atoms. The van der Waals surface area contributed by atoms with Gasteiger partial charge in [0.05, 0.1) is 11.8 Å². The maximum Gasteiger partial charge on any atom is 0.393 e. The van der Waals surface area contributed by atoms with Gasteiger partial charge >= 0.3 is 6.18 Å². The Morgan fingerprint density at radius 1 is 1.09 bits per heavy atom. The van der Waals surface area contributed by atoms with E-state index >= 15 is 0 Å². The van der Waals surface area contributed by atoms with Crippen molar-refractivity contribution in [3.05, 3.63) is 46.9 Å². The van der Waals surface area contributed by atoms with E-state index in [9.17, 15) is 13.2 Å². The maximum atomic E-state index is 12.9. The van der Waals surface area contributed by atoms with Crippen molar-refractivity contribution < 1.29 is 13.2 Å². The predicted octanol–water partition coefficient (Wildman–Crippen LogP) is 4.71. The van der Waals surface area contributed by atoms with E-state index < -0.39 is 12.6 Å². The molecule has 32 heavy (non-hydrogen) atoms. The van der Waals surface area contributed by atoms with E-state index in [-0.39, 0.29) is 0 Å². The molecule has 0 bridgehead atoms. The minimum Gasteiger partial charge on any atom is -0.355 e. The summed E-state index contributed by atoms with van der Waals surface area (Å²) in [6.07, 6.45) is 0.314. The summed E-state index contributed by atoms with van der Waals surface area (Å²) in [5.74, 6) is 1.91. The van der Waals surface area contributed by atoms with Crippen molar-refractivity contribution in [2.75, 3.05) is 31.1 Å². The van der Waals surface area contributed by atoms with Crippen LogP contribution in [0.3, 0.4) is 0 Å². The molecule has 2 saturated heterocycles. The molecule has 5 rings (SSSR count). The number of hydrogen-bond acceptors (Lipinski definition) is 6. The molecule has 2 atom stereocenters. The van der Waals surface area contributed by atoms with Crippen molar-refractivity contribution in [1.82, 2.24) is 19.9 Å². The third-order valence-corrected chi connectivity index (χ3v) is 7.61. The number of fused-ring (bicyclic) bond motifs is 2. The summed E-state index contributed by atoms with van der Waals surface area (Å²) in [6.45, 7) is 6.93. The van der Waals surface area contributed by atoms with Crippen LogP contribution in [0.4, 0.5) is 19.0 Å². The predicted molar refractivity (Wildman–Crippen MR) is 120 cm³/mol. The summed E-state index contributed by atoms with van der Waals surface area (Å²) in [5.41, 5.74) is 2.43. The fourth-order valence-electron chi connectivity index (χ4n) is 5.07. The van der Waals surface area contributed by atoms with Crippen molar-refractivity contribution in [2.45, 2.75) is 38.9 Å². The lowest BCUT2D eigenvalue weighted by molar-refractivity contribution is -0.126. The number of likely N-dealkylation sites (tertiary alicyclic amines) is 1. The van der Waals surface area contributed by atoms with Crippen LogP contribution in [-0.2, 0) is 19.4 Å². The number of piperidine rings is 1. The van der Waals surface area contributed by atoms with E-state index in [0.717, 1.165) is 73.8 Å². The van der Waals surface area contributed by atoms with Gasteiger partial charge in [-0.1, -0.05) is 6.92 Å². The highest BCUT2D eigenvalue weighted by molar-refractivity contribution is 7.18. The van der Waals surface area contributed by atoms with Crippen LogP contribution in [0.1, 0.15) is 29.5 Å². The van der Waals surface area contributed by atoms with E-state index in [1.807, 2.05) is 6.20 Å². The van der Waals surface area contributed by atoms with Crippen molar-refractivity contribution in [3.63, 3.8) is 0 Å². The molecule has 170 valence electrons. The molecule has 5 heterocycles. The summed E-state index contributed by atoms with van der Waals surface area (Å²) in [7, 11) is 0. The molecule has 0 aliphatic carbocycles. The highest BCUT2D eigenvalue weighted by Crippen LogP contribution is 2.38. The first-order valence-corrected chi connectivity index (χ1v) is 11.9. The third-order valence-electron chi connectivity index (χ3n) is 6.57. The van der Waals surface area contributed by atoms with Gasteiger partial charge in [0.2, 0.25) is 0 Å². The zero-order valence-corrected chi connectivity index (χ0v) is 18.8. The average molecular weight is 462 g/mol. The van der Waals surface area contributed by atoms with Crippen LogP contribution in [-0.4, -0.2) is 52.2 Å². The molecule has 0 N–H and O–H groups in total. The standard InChI is InChI=1S/C23H26F3N5S/c1-2-18-7-15(3-5-27-18)10-30-6-4-16-12-31(13-17(16)11-30)21-20-8-19(9-23(24,25)26)32-22(20)29-14-28-21/h3,5,7-8,14,16-17H,2,4,6,9-13H2,1H3/t16-,17+/m1/s1. The van der Waals surface area contributed by atoms with E-state index in [1.165, 1.54) is 11.9 Å². The Bertz CT molecular complexity index is 1100. The number of aryl methyl sites for hydroxylation is 1. The molecular formula is C23H26F3N5S. The minimum atomic E-state index is -4.22. The van der Waals surface area contributed by atoms with Crippen LogP contribution in [0.15, 0.2) is 30.7 Å². The number of alkyl halides is 3. The Morgan fingerprint density at radius 3 is 2.75 bits per heavy atom. The number of pyridine rings is 1. The van der Waals surface area contributed by atoms with Crippen LogP contribution in [0.2, 0.25) is 0 Å². The topological polar surface area (TPSA) is 45.2 Å². The number of hydrogen-bond donors (Lipinski definition) is 0. The van der Waals surface area contributed by atoms with Crippen LogP contribution < -0.4 is 4.90 Å². The first kappa shape index (κ1) is 21.6. The normalized spacial score (nSPS) is 21.9. The molecule has 0 radical (unpaired) electrons. The Hall–Kier alpha value is -2.26. The molecule has 0 aromatic carbocycles. The van der Waals surface area contributed by atoms with Gasteiger partial charge in [-0.2, -0.15) is 13.2 Å². The number of thiophene rings is 1. The summed E-state index contributed by atoms with van der Waals surface area (Å²) in [6, 6.07) is 5.92. The summed E-state index contributed by atoms with van der Waals surface area (Å²) in [4.78, 5) is 18.8. The zero-order chi connectivity index (χ0) is 22.3. The number of halogens is 3. The molecule has 2 aliphatic rings. The smallest absolute Gasteiger partial charge is 0.355 e. The number of rotatable bonds is 5. The van der Waals surface area contributed by atoms with Gasteiger partial charge in [-0.05, 0) is 55.0 Å². The fraction of sp³-hybridized carbons (Fsp3) is 0.522. The van der Waals surface area contributed by atoms with Gasteiger partial charge in [-0.15, -0.1) is 11.3 Å². The van der Waals surface area contributed by atoms with Gasteiger partial charge in [0.25, 0.3) is 0 Å². The summed E-state index contributed by atoms with van der Waals surface area (Å²) >= 11 is 1.12. The van der Waals surface area contributed by atoms with E-state index in [0.29, 0.717) is 21.5 Å². The SMILES string of the molecule is CCc1cc(CN2CC[C@@H]3CN(c4ncnc5sc(CC(F)(F)F)cc45)C[C@@H]3C2)ccn1. The zero-order valence-electron chi connectivity index (χ0n) is 18.0. The fourth-order valence-corrected chi connectivity index (χ4v) is 6.09. The second-order valence-corrected chi connectivity index (χ2v) is 9.99. The molecular weight excluding hydrogens is 435 g/mol. The largest absolute Gasteiger partial charge is 0.393 e. The van der Waals surface area contributed by atoms with E-state index in [1.54, 1.807) is 6.07 Å². The molecule has 3 aromatic rings. The maximum absolute atomic E-state index is 12.9. The van der Waals surface area contributed by atoms with Crippen LogP contribution in [0.5, 0.6) is 0 Å². The third kappa shape index (κ3) is 4.59. The first-order valence-electron chi connectivity index (χ1n) is 11.1. The van der Waals surface area contributed by atoms with Crippen LogP contribution in [0, 0.1) is 11.8 Å². The van der Waals surface area contributed by atoms with Crippen molar-refractivity contribution in [2.24, 2.45) is 11.8 Å². The number of nitrogens with zero attached hydrogens (tertiary/aromatic N) is 5. The molecule has 3 aromatic heterocycles. The van der Waals surface area contributed by atoms with Crippen molar-refractivity contribution in [3.8, 4) is 0 Å². The van der Waals surface area contributed by atoms with Gasteiger partial charge in [0.1, 0.15) is 17.0 Å². The lowest BCUT2D eigenvalue weighted by atomic mass is 9.88. The van der Waals surface area contributed by atoms with Gasteiger partial charge < -0.3 is 4.90 Å². The van der Waals surface area contributed by atoms with Crippen LogP contribution >= 0.6 is 11.3 Å². The lowest BCUT2D eigenvalue weighted by Gasteiger charge is -2.34. The second-order valence-electron chi connectivity index (χ2n) is 8.88. The Labute approximate surface area is 189 Å². The van der Waals surface area contributed by atoms with Gasteiger partial charge in [0.15, 0.2) is 0 Å². The molecule has 9 heteroatoms. The second kappa shape index (κ2) is 8.59. The lowest BCUT2D eigenvalue weighted by Crippen LogP contribution is -2.39. The average Bonchev–Trinajstić information content (AvgIpc) is 3.35. The highest BCUT2D eigenvalue weighted by Gasteiger charge is 2.38. The highest BCUT2D eigenvalue weighted by atomic mass is 32.1. The number of aromatic nitrogens is 3. The Kier molecular flexibility index (Phi) is 5.79. The van der Waals surface area contributed by atoms with Gasteiger partial charge in [0, 0.05) is 42.9 Å². The quantitative estimate of drug-likeness (QED) is 0.551. The molecule has 2 aliphatic heterocycles. The summed E-state index contributed by atoms with van der Waals surface area (Å²) < 4.78 is 38.6. The monoisotopic (exact) mass is 461 g/mol. The first-order chi connectivity index (χ1) is 15.4. The molecule has 0 saturated carbocycles. The Balaban J connectivity index is 1.29. The van der Waals surface area contributed by atoms with Crippen molar-refractivity contribution >= 4 is 27.4 Å². The van der Waals surface area contributed by atoms with E-state index in [2.05, 4.69) is 43.8 Å². The van der Waals surface area contributed by atoms with Gasteiger partial charge in [-0.25, -0.2) is 9.97 Å². The summed E-state index contributed by atoms with van der Waals surface area (Å²) in [5, 5.41) is 0.746.